The number of anilines is 1. The monoisotopic (exact) mass is 442 g/mol. The highest BCUT2D eigenvalue weighted by Gasteiger charge is 2.41. The Balaban J connectivity index is 1.78. The third-order valence-corrected chi connectivity index (χ3v) is 4.98. The van der Waals surface area contributed by atoms with Gasteiger partial charge in [-0.2, -0.15) is 4.98 Å². The van der Waals surface area contributed by atoms with Crippen molar-refractivity contribution >= 4 is 29.1 Å². The summed E-state index contributed by atoms with van der Waals surface area (Å²) >= 11 is 0. The molecular formula is C20H22N6O6. The molecule has 12 heteroatoms. The van der Waals surface area contributed by atoms with Gasteiger partial charge in [0.15, 0.2) is 11.9 Å². The van der Waals surface area contributed by atoms with E-state index in [0.29, 0.717) is 5.52 Å². The molecule has 1 saturated heterocycles. The molecule has 3 atom stereocenters. The molecule has 0 spiro atoms. The third-order valence-electron chi connectivity index (χ3n) is 4.98. The van der Waals surface area contributed by atoms with Crippen molar-refractivity contribution in [3.63, 3.8) is 0 Å². The number of rotatable bonds is 6. The molecule has 1 aliphatic rings. The quantitative estimate of drug-likeness (QED) is 0.531. The van der Waals surface area contributed by atoms with Crippen LogP contribution < -0.4 is 11.4 Å². The second-order valence-corrected chi connectivity index (χ2v) is 7.37. The predicted octanol–water partition coefficient (Wildman–Crippen LogP) is 0.401. The first kappa shape index (κ1) is 21.4. The first-order chi connectivity index (χ1) is 15.3. The van der Waals surface area contributed by atoms with Crippen molar-refractivity contribution in [1.82, 2.24) is 24.1 Å². The number of nitrogens with zero attached hydrogens (tertiary/aromatic N) is 5. The topological polar surface area (TPSA) is 153 Å². The molecule has 0 aromatic carbocycles. The Labute approximate surface area is 181 Å². The van der Waals surface area contributed by atoms with Crippen LogP contribution in [0.15, 0.2) is 35.5 Å². The van der Waals surface area contributed by atoms with E-state index >= 15 is 0 Å². The van der Waals surface area contributed by atoms with Gasteiger partial charge in [-0.25, -0.2) is 14.3 Å². The second kappa shape index (κ2) is 8.75. The molecule has 0 bridgehead atoms. The fourth-order valence-electron chi connectivity index (χ4n) is 3.71. The summed E-state index contributed by atoms with van der Waals surface area (Å²) < 4.78 is 19.2. The van der Waals surface area contributed by atoms with Crippen LogP contribution in [0.3, 0.4) is 0 Å². The molecule has 1 fully saturated rings. The number of fused-ring (bicyclic) bond motifs is 1. The Bertz CT molecular complexity index is 1210. The number of esters is 2. The lowest BCUT2D eigenvalue weighted by Gasteiger charge is -2.19. The van der Waals surface area contributed by atoms with Gasteiger partial charge in [-0.15, -0.1) is 0 Å². The number of pyridine rings is 1. The highest BCUT2D eigenvalue weighted by molar-refractivity contribution is 5.72. The van der Waals surface area contributed by atoms with Crippen LogP contribution >= 0.6 is 0 Å². The number of nitrogen functional groups attached to an aromatic ring is 1. The van der Waals surface area contributed by atoms with Crippen molar-refractivity contribution in [2.24, 2.45) is 0 Å². The van der Waals surface area contributed by atoms with E-state index in [0.717, 1.165) is 5.56 Å². The minimum Gasteiger partial charge on any atom is -0.463 e. The molecule has 3 aromatic rings. The molecule has 0 radical (unpaired) electrons. The number of nitrogens with two attached hydrogens (primary N) is 1. The second-order valence-electron chi connectivity index (χ2n) is 7.37. The standard InChI is InChI=1S/C20H22N6O6/c1-11(27)30-10-14-6-16(31-12(2)28)18(32-14)26-17-15(8-23-19(21)24-17)25(20(26)29)9-13-4-3-5-22-7-13/h3-5,7-8,14,16,18H,6,9-10H2,1-2H3,(H2,21,23,24)/t14-,16+,18+/m0/s1. The molecule has 2 N–H and O–H groups in total. The van der Waals surface area contributed by atoms with Gasteiger partial charge in [-0.3, -0.25) is 19.1 Å². The lowest BCUT2D eigenvalue weighted by atomic mass is 10.2. The van der Waals surface area contributed by atoms with Gasteiger partial charge in [0.1, 0.15) is 18.2 Å². The van der Waals surface area contributed by atoms with Crippen LogP contribution in [-0.4, -0.2) is 54.8 Å². The molecule has 3 aromatic heterocycles. The van der Waals surface area contributed by atoms with Crippen LogP contribution in [-0.2, 0) is 30.3 Å². The van der Waals surface area contributed by atoms with Gasteiger partial charge in [0, 0.05) is 32.7 Å². The van der Waals surface area contributed by atoms with Crippen molar-refractivity contribution < 1.29 is 23.8 Å². The van der Waals surface area contributed by atoms with Crippen molar-refractivity contribution in [2.75, 3.05) is 12.3 Å². The summed E-state index contributed by atoms with van der Waals surface area (Å²) in [6.07, 6.45) is 2.63. The first-order valence-electron chi connectivity index (χ1n) is 9.91. The Morgan fingerprint density at radius 3 is 2.78 bits per heavy atom. The van der Waals surface area contributed by atoms with E-state index in [1.54, 1.807) is 18.5 Å². The zero-order chi connectivity index (χ0) is 22.8. The van der Waals surface area contributed by atoms with Crippen LogP contribution in [0.5, 0.6) is 0 Å². The minimum absolute atomic E-state index is 0.0247. The summed E-state index contributed by atoms with van der Waals surface area (Å²) in [5.74, 6) is -1.02. The average molecular weight is 442 g/mol. The number of ether oxygens (including phenoxy) is 3. The van der Waals surface area contributed by atoms with Crippen molar-refractivity contribution in [2.45, 2.75) is 45.2 Å². The smallest absolute Gasteiger partial charge is 0.332 e. The number of carbonyl (C=O) groups is 2. The van der Waals surface area contributed by atoms with E-state index in [9.17, 15) is 14.4 Å². The molecule has 0 amide bonds. The summed E-state index contributed by atoms with van der Waals surface area (Å²) in [7, 11) is 0. The van der Waals surface area contributed by atoms with E-state index in [1.165, 1.54) is 29.2 Å². The van der Waals surface area contributed by atoms with Crippen LogP contribution in [0.1, 0.15) is 32.1 Å². The van der Waals surface area contributed by atoms with Gasteiger partial charge >= 0.3 is 17.6 Å². The highest BCUT2D eigenvalue weighted by atomic mass is 16.6. The van der Waals surface area contributed by atoms with Gasteiger partial charge in [0.2, 0.25) is 5.95 Å². The number of carbonyl (C=O) groups excluding carboxylic acids is 2. The third kappa shape index (κ3) is 4.30. The van der Waals surface area contributed by atoms with Crippen molar-refractivity contribution in [1.29, 1.82) is 0 Å². The normalized spacial score (nSPS) is 20.4. The zero-order valence-corrected chi connectivity index (χ0v) is 17.5. The molecule has 32 heavy (non-hydrogen) atoms. The number of aromatic nitrogens is 5. The van der Waals surface area contributed by atoms with E-state index in [1.807, 2.05) is 6.07 Å². The van der Waals surface area contributed by atoms with Crippen molar-refractivity contribution in [3.8, 4) is 0 Å². The lowest BCUT2D eigenvalue weighted by Crippen LogP contribution is -2.34. The van der Waals surface area contributed by atoms with Gasteiger partial charge in [0.25, 0.3) is 0 Å². The summed E-state index contributed by atoms with van der Waals surface area (Å²) in [5.41, 5.74) is 6.80. The van der Waals surface area contributed by atoms with Crippen molar-refractivity contribution in [3.05, 3.63) is 46.8 Å². The summed E-state index contributed by atoms with van der Waals surface area (Å²) in [6.45, 7) is 2.73. The maximum Gasteiger partial charge on any atom is 0.332 e. The lowest BCUT2D eigenvalue weighted by molar-refractivity contribution is -0.153. The van der Waals surface area contributed by atoms with Gasteiger partial charge in [-0.05, 0) is 11.6 Å². The Morgan fingerprint density at radius 1 is 1.28 bits per heavy atom. The zero-order valence-electron chi connectivity index (χ0n) is 17.5. The average Bonchev–Trinajstić information content (AvgIpc) is 3.24. The minimum atomic E-state index is -0.987. The van der Waals surface area contributed by atoms with E-state index in [2.05, 4.69) is 15.0 Å². The molecule has 4 heterocycles. The van der Waals surface area contributed by atoms with E-state index in [-0.39, 0.29) is 31.2 Å². The van der Waals surface area contributed by atoms with Gasteiger partial charge in [0.05, 0.1) is 18.8 Å². The fourth-order valence-corrected chi connectivity index (χ4v) is 3.71. The van der Waals surface area contributed by atoms with Crippen LogP contribution in [0.25, 0.3) is 11.2 Å². The molecule has 4 rings (SSSR count). The summed E-state index contributed by atoms with van der Waals surface area (Å²) in [6, 6.07) is 3.61. The Hall–Kier alpha value is -3.80. The first-order valence-corrected chi connectivity index (χ1v) is 9.91. The maximum absolute atomic E-state index is 13.5. The van der Waals surface area contributed by atoms with Crippen LogP contribution in [0.4, 0.5) is 5.95 Å². The highest BCUT2D eigenvalue weighted by Crippen LogP contribution is 2.33. The number of hydrogen-bond donors (Lipinski definition) is 1. The molecular weight excluding hydrogens is 420 g/mol. The maximum atomic E-state index is 13.5. The molecule has 1 aliphatic heterocycles. The SMILES string of the molecule is CC(=O)OC[C@@H]1C[C@@H](OC(C)=O)[C@H](n2c(=O)n(Cc3cccnc3)c3cnc(N)nc32)O1. The van der Waals surface area contributed by atoms with E-state index in [4.69, 9.17) is 19.9 Å². The summed E-state index contributed by atoms with van der Waals surface area (Å²) in [4.78, 5) is 48.7. The predicted molar refractivity (Wildman–Crippen MR) is 110 cm³/mol. The number of hydrogen-bond acceptors (Lipinski definition) is 10. The van der Waals surface area contributed by atoms with Crippen LogP contribution in [0.2, 0.25) is 0 Å². The van der Waals surface area contributed by atoms with Crippen LogP contribution in [0, 0.1) is 0 Å². The Kier molecular flexibility index (Phi) is 5.86. The summed E-state index contributed by atoms with van der Waals surface area (Å²) in [5, 5.41) is 0. The largest absolute Gasteiger partial charge is 0.463 e. The molecule has 168 valence electrons. The fraction of sp³-hybridized carbons (Fsp3) is 0.400. The number of imidazole rings is 1. The van der Waals surface area contributed by atoms with Gasteiger partial charge < -0.3 is 19.9 Å². The molecule has 12 nitrogen and oxygen atoms in total. The van der Waals surface area contributed by atoms with E-state index < -0.39 is 36.1 Å². The van der Waals surface area contributed by atoms with Gasteiger partial charge in [-0.1, -0.05) is 6.07 Å². The Morgan fingerprint density at radius 2 is 2.09 bits per heavy atom. The molecule has 0 aliphatic carbocycles. The molecule has 0 unspecified atom stereocenters. The molecule has 0 saturated carbocycles.